The number of hydrogen-bond donors (Lipinski definition) is 0. The SMILES string of the molecule is CC(C)(C)OC(=O)N1CCC(C#N)[C@H](F)C1. The van der Waals surface area contributed by atoms with Gasteiger partial charge in [0.1, 0.15) is 11.8 Å². The first-order valence-corrected chi connectivity index (χ1v) is 5.35. The van der Waals surface area contributed by atoms with Crippen LogP contribution in [0.2, 0.25) is 0 Å². The number of ether oxygens (including phenoxy) is 1. The van der Waals surface area contributed by atoms with Gasteiger partial charge in [-0.25, -0.2) is 9.18 Å². The van der Waals surface area contributed by atoms with Crippen molar-refractivity contribution in [2.75, 3.05) is 13.1 Å². The van der Waals surface area contributed by atoms with E-state index in [1.165, 1.54) is 4.90 Å². The zero-order valence-corrected chi connectivity index (χ0v) is 9.86. The van der Waals surface area contributed by atoms with Gasteiger partial charge in [-0.05, 0) is 27.2 Å². The third-order valence-electron chi connectivity index (χ3n) is 2.36. The number of rotatable bonds is 0. The lowest BCUT2D eigenvalue weighted by molar-refractivity contribution is 0.00962. The fourth-order valence-electron chi connectivity index (χ4n) is 1.54. The Kier molecular flexibility index (Phi) is 3.74. The Balaban J connectivity index is 2.52. The van der Waals surface area contributed by atoms with Gasteiger partial charge < -0.3 is 9.64 Å². The molecule has 90 valence electrons. The van der Waals surface area contributed by atoms with Crippen LogP contribution in [0.1, 0.15) is 27.2 Å². The quantitative estimate of drug-likeness (QED) is 0.638. The van der Waals surface area contributed by atoms with Crippen molar-refractivity contribution in [2.24, 2.45) is 5.92 Å². The summed E-state index contributed by atoms with van der Waals surface area (Å²) in [5.74, 6) is -0.598. The predicted molar refractivity (Wildman–Crippen MR) is 56.4 cm³/mol. The highest BCUT2D eigenvalue weighted by Crippen LogP contribution is 2.21. The molecule has 0 aliphatic carbocycles. The van der Waals surface area contributed by atoms with Crippen LogP contribution >= 0.6 is 0 Å². The average molecular weight is 228 g/mol. The minimum absolute atomic E-state index is 0.0485. The van der Waals surface area contributed by atoms with Crippen molar-refractivity contribution in [1.29, 1.82) is 5.26 Å². The Morgan fingerprint density at radius 2 is 2.19 bits per heavy atom. The number of nitrogens with zero attached hydrogens (tertiary/aromatic N) is 2. The molecule has 2 atom stereocenters. The number of likely N-dealkylation sites (tertiary alicyclic amines) is 1. The maximum absolute atomic E-state index is 13.4. The molecule has 5 heteroatoms. The number of nitriles is 1. The summed E-state index contributed by atoms with van der Waals surface area (Å²) in [6.45, 7) is 5.63. The number of alkyl halides is 1. The number of piperidine rings is 1. The molecule has 1 amide bonds. The molecule has 0 aromatic carbocycles. The average Bonchev–Trinajstić information content (AvgIpc) is 2.15. The summed E-state index contributed by atoms with van der Waals surface area (Å²) < 4.78 is 18.6. The van der Waals surface area contributed by atoms with Crippen LogP contribution in [-0.4, -0.2) is 35.9 Å². The third kappa shape index (κ3) is 3.37. The third-order valence-corrected chi connectivity index (χ3v) is 2.36. The molecule has 0 spiro atoms. The summed E-state index contributed by atoms with van der Waals surface area (Å²) in [5, 5.41) is 8.65. The number of halogens is 1. The van der Waals surface area contributed by atoms with Crippen LogP contribution in [-0.2, 0) is 4.74 Å². The monoisotopic (exact) mass is 228 g/mol. The molecule has 1 unspecified atom stereocenters. The van der Waals surface area contributed by atoms with Crippen LogP contribution < -0.4 is 0 Å². The van der Waals surface area contributed by atoms with E-state index in [2.05, 4.69) is 0 Å². The van der Waals surface area contributed by atoms with Crippen LogP contribution in [0.25, 0.3) is 0 Å². The largest absolute Gasteiger partial charge is 0.444 e. The minimum atomic E-state index is -1.27. The fraction of sp³-hybridized carbons (Fsp3) is 0.818. The Hall–Kier alpha value is -1.31. The summed E-state index contributed by atoms with van der Waals surface area (Å²) in [6, 6.07) is 1.91. The van der Waals surface area contributed by atoms with Gasteiger partial charge in [0.2, 0.25) is 0 Å². The summed E-state index contributed by atoms with van der Waals surface area (Å²) >= 11 is 0. The second kappa shape index (κ2) is 4.69. The number of hydrogen-bond acceptors (Lipinski definition) is 3. The van der Waals surface area contributed by atoms with Gasteiger partial charge in [0.15, 0.2) is 0 Å². The van der Waals surface area contributed by atoms with Crippen molar-refractivity contribution in [3.63, 3.8) is 0 Å². The second-order valence-electron chi connectivity index (χ2n) is 4.97. The predicted octanol–water partition coefficient (Wildman–Crippen LogP) is 2.11. The van der Waals surface area contributed by atoms with Gasteiger partial charge >= 0.3 is 6.09 Å². The Morgan fingerprint density at radius 1 is 1.56 bits per heavy atom. The summed E-state index contributed by atoms with van der Waals surface area (Å²) in [7, 11) is 0. The van der Waals surface area contributed by atoms with Crippen molar-refractivity contribution >= 4 is 6.09 Å². The lowest BCUT2D eigenvalue weighted by Crippen LogP contribution is -2.46. The molecule has 0 aromatic heterocycles. The first-order chi connectivity index (χ1) is 7.33. The zero-order chi connectivity index (χ0) is 12.3. The molecule has 0 bridgehead atoms. The molecule has 1 aliphatic rings. The maximum atomic E-state index is 13.4. The highest BCUT2D eigenvalue weighted by atomic mass is 19.1. The molecular formula is C11H17FN2O2. The smallest absolute Gasteiger partial charge is 0.410 e. The molecule has 4 nitrogen and oxygen atoms in total. The molecule has 0 saturated carbocycles. The van der Waals surface area contributed by atoms with E-state index in [1.54, 1.807) is 20.8 Å². The maximum Gasteiger partial charge on any atom is 0.410 e. The van der Waals surface area contributed by atoms with E-state index in [0.717, 1.165) is 0 Å². The van der Waals surface area contributed by atoms with Crippen molar-refractivity contribution in [1.82, 2.24) is 4.90 Å². The van der Waals surface area contributed by atoms with Crippen molar-refractivity contribution in [2.45, 2.75) is 39.0 Å². The molecular weight excluding hydrogens is 211 g/mol. The van der Waals surface area contributed by atoms with Gasteiger partial charge in [-0.15, -0.1) is 0 Å². The van der Waals surface area contributed by atoms with E-state index in [9.17, 15) is 9.18 Å². The van der Waals surface area contributed by atoms with E-state index in [4.69, 9.17) is 10.00 Å². The molecule has 0 aromatic rings. The van der Waals surface area contributed by atoms with Gasteiger partial charge in [-0.1, -0.05) is 0 Å². The standard InChI is InChI=1S/C11H17FN2O2/c1-11(2,3)16-10(15)14-5-4-8(6-13)9(12)7-14/h8-9H,4-5,7H2,1-3H3/t8?,9-/m1/s1. The molecule has 0 radical (unpaired) electrons. The Morgan fingerprint density at radius 3 is 2.62 bits per heavy atom. The van der Waals surface area contributed by atoms with Crippen LogP contribution in [0.15, 0.2) is 0 Å². The molecule has 1 heterocycles. The highest BCUT2D eigenvalue weighted by Gasteiger charge is 2.33. The number of carbonyl (C=O) groups excluding carboxylic acids is 1. The van der Waals surface area contributed by atoms with Gasteiger partial charge in [0, 0.05) is 6.54 Å². The Bertz CT molecular complexity index is 306. The van der Waals surface area contributed by atoms with E-state index in [0.29, 0.717) is 13.0 Å². The first-order valence-electron chi connectivity index (χ1n) is 5.35. The Labute approximate surface area is 95.0 Å². The van der Waals surface area contributed by atoms with Gasteiger partial charge in [-0.3, -0.25) is 0 Å². The van der Waals surface area contributed by atoms with Crippen LogP contribution in [0.3, 0.4) is 0 Å². The van der Waals surface area contributed by atoms with E-state index >= 15 is 0 Å². The van der Waals surface area contributed by atoms with Gasteiger partial charge in [0.25, 0.3) is 0 Å². The van der Waals surface area contributed by atoms with Gasteiger partial charge in [0.05, 0.1) is 18.5 Å². The van der Waals surface area contributed by atoms with Crippen LogP contribution in [0.4, 0.5) is 9.18 Å². The zero-order valence-electron chi connectivity index (χ0n) is 9.86. The lowest BCUT2D eigenvalue weighted by Gasteiger charge is -2.33. The molecule has 1 rings (SSSR count). The first kappa shape index (κ1) is 12.8. The summed E-state index contributed by atoms with van der Waals surface area (Å²) in [5.41, 5.74) is -0.574. The van der Waals surface area contributed by atoms with E-state index in [1.807, 2.05) is 6.07 Å². The second-order valence-corrected chi connectivity index (χ2v) is 4.97. The summed E-state index contributed by atoms with van der Waals surface area (Å²) in [6.07, 6.45) is -1.41. The van der Waals surface area contributed by atoms with Crippen LogP contribution in [0, 0.1) is 17.2 Å². The number of carbonyl (C=O) groups is 1. The topological polar surface area (TPSA) is 53.3 Å². The molecule has 0 N–H and O–H groups in total. The molecule has 1 aliphatic heterocycles. The molecule has 1 saturated heterocycles. The fourth-order valence-corrected chi connectivity index (χ4v) is 1.54. The van der Waals surface area contributed by atoms with Crippen molar-refractivity contribution in [3.8, 4) is 6.07 Å². The van der Waals surface area contributed by atoms with Crippen molar-refractivity contribution in [3.05, 3.63) is 0 Å². The van der Waals surface area contributed by atoms with Gasteiger partial charge in [-0.2, -0.15) is 5.26 Å². The van der Waals surface area contributed by atoms with E-state index < -0.39 is 23.8 Å². The van der Waals surface area contributed by atoms with Crippen molar-refractivity contribution < 1.29 is 13.9 Å². The highest BCUT2D eigenvalue weighted by molar-refractivity contribution is 5.68. The molecule has 1 fully saturated rings. The molecule has 16 heavy (non-hydrogen) atoms. The van der Waals surface area contributed by atoms with Crippen LogP contribution in [0.5, 0.6) is 0 Å². The minimum Gasteiger partial charge on any atom is -0.444 e. The van der Waals surface area contributed by atoms with E-state index in [-0.39, 0.29) is 6.54 Å². The number of amides is 1. The normalized spacial score (nSPS) is 26.1. The lowest BCUT2D eigenvalue weighted by atomic mass is 9.97. The summed E-state index contributed by atoms with van der Waals surface area (Å²) in [4.78, 5) is 12.9.